The Morgan fingerprint density at radius 3 is 2.85 bits per heavy atom. The zero-order valence-corrected chi connectivity index (χ0v) is 13.2. The third kappa shape index (κ3) is 3.21. The van der Waals surface area contributed by atoms with E-state index in [1.54, 1.807) is 0 Å². The monoisotopic (exact) mass is 273 g/mol. The van der Waals surface area contributed by atoms with E-state index in [4.69, 9.17) is 0 Å². The Morgan fingerprint density at radius 1 is 1.45 bits per heavy atom. The molecule has 3 nitrogen and oxygen atoms in total. The first-order chi connectivity index (χ1) is 9.50. The smallest absolute Gasteiger partial charge is 0.0604 e. The maximum atomic E-state index is 4.62. The SMILES string of the molecule is C=C(NC(C)C)[C@H]1CCC[C@@H](c2ncccc2C)N1C. The molecule has 1 aliphatic rings. The molecule has 0 aliphatic carbocycles. The lowest BCUT2D eigenvalue weighted by Gasteiger charge is -2.41. The second-order valence-corrected chi connectivity index (χ2v) is 6.16. The molecule has 110 valence electrons. The van der Waals surface area contributed by atoms with Crippen LogP contribution in [0.3, 0.4) is 0 Å². The van der Waals surface area contributed by atoms with Gasteiger partial charge in [0.1, 0.15) is 0 Å². The number of pyridine rings is 1. The van der Waals surface area contributed by atoms with E-state index in [-0.39, 0.29) is 0 Å². The Balaban J connectivity index is 2.17. The molecule has 20 heavy (non-hydrogen) atoms. The van der Waals surface area contributed by atoms with Gasteiger partial charge in [-0.25, -0.2) is 0 Å². The molecule has 0 amide bonds. The minimum absolute atomic E-state index is 0.401. The highest BCUT2D eigenvalue weighted by Crippen LogP contribution is 2.35. The summed E-state index contributed by atoms with van der Waals surface area (Å²) in [6.45, 7) is 10.7. The fraction of sp³-hybridized carbons (Fsp3) is 0.588. The van der Waals surface area contributed by atoms with Crippen molar-refractivity contribution in [2.75, 3.05) is 7.05 Å². The number of likely N-dealkylation sites (N-methyl/N-ethyl adjacent to an activating group) is 1. The van der Waals surface area contributed by atoms with Crippen LogP contribution in [-0.2, 0) is 0 Å². The standard InChI is InChI=1S/C17H27N3/c1-12(2)19-14(4)15-9-6-10-16(20(15)5)17-13(3)8-7-11-18-17/h7-8,11-12,15-16,19H,4,6,9-10H2,1-3,5H3/t15-,16+/m1/s1. The summed E-state index contributed by atoms with van der Waals surface area (Å²) in [6.07, 6.45) is 5.49. The molecule has 1 saturated heterocycles. The summed E-state index contributed by atoms with van der Waals surface area (Å²) in [5.41, 5.74) is 3.64. The van der Waals surface area contributed by atoms with E-state index in [0.29, 0.717) is 18.1 Å². The summed E-state index contributed by atoms with van der Waals surface area (Å²) in [4.78, 5) is 7.06. The molecule has 0 saturated carbocycles. The Bertz CT molecular complexity index is 467. The molecule has 1 aromatic heterocycles. The maximum Gasteiger partial charge on any atom is 0.0604 e. The molecule has 0 bridgehead atoms. The van der Waals surface area contributed by atoms with E-state index < -0.39 is 0 Å². The van der Waals surface area contributed by atoms with E-state index >= 15 is 0 Å². The molecule has 0 spiro atoms. The van der Waals surface area contributed by atoms with Crippen LogP contribution in [0, 0.1) is 6.92 Å². The summed E-state index contributed by atoms with van der Waals surface area (Å²) in [6, 6.07) is 5.41. The number of aryl methyl sites for hydroxylation is 1. The van der Waals surface area contributed by atoms with E-state index in [9.17, 15) is 0 Å². The van der Waals surface area contributed by atoms with Crippen molar-refractivity contribution >= 4 is 0 Å². The summed E-state index contributed by atoms with van der Waals surface area (Å²) < 4.78 is 0. The molecule has 2 atom stereocenters. The highest BCUT2D eigenvalue weighted by atomic mass is 15.2. The molecule has 0 unspecified atom stereocenters. The topological polar surface area (TPSA) is 28.2 Å². The van der Waals surface area contributed by atoms with Crippen molar-refractivity contribution in [2.24, 2.45) is 0 Å². The summed E-state index contributed by atoms with van der Waals surface area (Å²) in [7, 11) is 2.20. The maximum absolute atomic E-state index is 4.62. The second kappa shape index (κ2) is 6.40. The van der Waals surface area contributed by atoms with Crippen LogP contribution in [0.4, 0.5) is 0 Å². The number of nitrogens with one attached hydrogen (secondary N) is 1. The van der Waals surface area contributed by atoms with Crippen molar-refractivity contribution in [3.63, 3.8) is 0 Å². The van der Waals surface area contributed by atoms with Crippen LogP contribution in [0.25, 0.3) is 0 Å². The minimum Gasteiger partial charge on any atom is -0.385 e. The first-order valence-electron chi connectivity index (χ1n) is 7.59. The zero-order valence-electron chi connectivity index (χ0n) is 13.2. The van der Waals surface area contributed by atoms with E-state index in [2.05, 4.69) is 55.7 Å². The number of hydrogen-bond donors (Lipinski definition) is 1. The van der Waals surface area contributed by atoms with Crippen LogP contribution in [0.2, 0.25) is 0 Å². The third-order valence-electron chi connectivity index (χ3n) is 4.18. The van der Waals surface area contributed by atoms with Crippen molar-refractivity contribution in [3.05, 3.63) is 41.9 Å². The van der Waals surface area contributed by atoms with Crippen molar-refractivity contribution < 1.29 is 0 Å². The zero-order chi connectivity index (χ0) is 14.7. The van der Waals surface area contributed by atoms with Crippen molar-refractivity contribution in [3.8, 4) is 0 Å². The lowest BCUT2D eigenvalue weighted by molar-refractivity contribution is 0.128. The Morgan fingerprint density at radius 2 is 2.20 bits per heavy atom. The van der Waals surface area contributed by atoms with Gasteiger partial charge in [0, 0.05) is 24.0 Å². The Kier molecular flexibility index (Phi) is 4.81. The Labute approximate surface area is 123 Å². The van der Waals surface area contributed by atoms with Crippen LogP contribution < -0.4 is 5.32 Å². The fourth-order valence-corrected chi connectivity index (χ4v) is 3.19. The van der Waals surface area contributed by atoms with Crippen LogP contribution in [0.1, 0.15) is 50.4 Å². The van der Waals surface area contributed by atoms with Crippen molar-refractivity contribution in [1.82, 2.24) is 15.2 Å². The van der Waals surface area contributed by atoms with Gasteiger partial charge in [0.05, 0.1) is 11.7 Å². The third-order valence-corrected chi connectivity index (χ3v) is 4.18. The van der Waals surface area contributed by atoms with Crippen LogP contribution >= 0.6 is 0 Å². The number of hydrogen-bond acceptors (Lipinski definition) is 3. The molecule has 1 aromatic rings. The number of aromatic nitrogens is 1. The lowest BCUT2D eigenvalue weighted by Crippen LogP contribution is -2.44. The minimum atomic E-state index is 0.401. The molecular weight excluding hydrogens is 246 g/mol. The van der Waals surface area contributed by atoms with E-state index in [1.165, 1.54) is 30.5 Å². The van der Waals surface area contributed by atoms with Gasteiger partial charge in [-0.15, -0.1) is 0 Å². The number of piperidine rings is 1. The highest BCUT2D eigenvalue weighted by Gasteiger charge is 2.31. The van der Waals surface area contributed by atoms with Crippen LogP contribution in [0.5, 0.6) is 0 Å². The molecule has 1 aliphatic heterocycles. The van der Waals surface area contributed by atoms with Gasteiger partial charge in [0.25, 0.3) is 0 Å². The van der Waals surface area contributed by atoms with Crippen LogP contribution in [0.15, 0.2) is 30.6 Å². The fourth-order valence-electron chi connectivity index (χ4n) is 3.19. The molecular formula is C17H27N3. The van der Waals surface area contributed by atoms with E-state index in [1.807, 2.05) is 12.3 Å². The van der Waals surface area contributed by atoms with Crippen molar-refractivity contribution in [1.29, 1.82) is 0 Å². The van der Waals surface area contributed by atoms with E-state index in [0.717, 1.165) is 5.70 Å². The second-order valence-electron chi connectivity index (χ2n) is 6.16. The van der Waals surface area contributed by atoms with Gasteiger partial charge >= 0.3 is 0 Å². The predicted octanol–water partition coefficient (Wildman–Crippen LogP) is 3.43. The summed E-state index contributed by atoms with van der Waals surface area (Å²) in [5.74, 6) is 0. The van der Waals surface area contributed by atoms with Gasteiger partial charge in [-0.1, -0.05) is 12.6 Å². The quantitative estimate of drug-likeness (QED) is 0.911. The highest BCUT2D eigenvalue weighted by molar-refractivity contribution is 5.23. The molecule has 3 heteroatoms. The number of nitrogens with zero attached hydrogens (tertiary/aromatic N) is 2. The number of likely N-dealkylation sites (tertiary alicyclic amines) is 1. The molecule has 1 N–H and O–H groups in total. The first kappa shape index (κ1) is 15.0. The van der Waals surface area contributed by atoms with Gasteiger partial charge in [-0.05, 0) is 58.7 Å². The molecule has 1 fully saturated rings. The largest absolute Gasteiger partial charge is 0.385 e. The lowest BCUT2D eigenvalue weighted by atomic mass is 9.91. The average Bonchev–Trinajstić information content (AvgIpc) is 2.39. The summed E-state index contributed by atoms with van der Waals surface area (Å²) in [5, 5.41) is 3.47. The number of rotatable bonds is 4. The summed E-state index contributed by atoms with van der Waals surface area (Å²) >= 11 is 0. The van der Waals surface area contributed by atoms with Gasteiger partial charge in [-0.2, -0.15) is 0 Å². The molecule has 2 rings (SSSR count). The van der Waals surface area contributed by atoms with Gasteiger partial charge < -0.3 is 5.32 Å². The predicted molar refractivity (Wildman–Crippen MR) is 84.5 cm³/mol. The molecule has 0 aromatic carbocycles. The van der Waals surface area contributed by atoms with Gasteiger partial charge in [-0.3, -0.25) is 9.88 Å². The average molecular weight is 273 g/mol. The Hall–Kier alpha value is -1.35. The van der Waals surface area contributed by atoms with Gasteiger partial charge in [0.15, 0.2) is 0 Å². The first-order valence-corrected chi connectivity index (χ1v) is 7.59. The molecule has 2 heterocycles. The van der Waals surface area contributed by atoms with Crippen LogP contribution in [-0.4, -0.2) is 29.0 Å². The van der Waals surface area contributed by atoms with Gasteiger partial charge in [0.2, 0.25) is 0 Å². The normalized spacial score (nSPS) is 23.9. The van der Waals surface area contributed by atoms with Crippen molar-refractivity contribution in [2.45, 2.75) is 58.2 Å². The molecule has 0 radical (unpaired) electrons.